The van der Waals surface area contributed by atoms with Crippen molar-refractivity contribution >= 4 is 11.9 Å². The van der Waals surface area contributed by atoms with Crippen LogP contribution in [0.25, 0.3) is 0 Å². The molecule has 1 aromatic heterocycles. The fraction of sp³-hybridized carbons (Fsp3) is 0.667. The molecular formula is C12H18N4O4. The van der Waals surface area contributed by atoms with Crippen molar-refractivity contribution in [1.29, 1.82) is 0 Å². The molecule has 8 heteroatoms. The second-order valence-electron chi connectivity index (χ2n) is 4.64. The molecule has 1 aromatic rings. The number of carbonyl (C=O) groups excluding carboxylic acids is 1. The second kappa shape index (κ2) is 6.47. The number of carbonyl (C=O) groups is 2. The summed E-state index contributed by atoms with van der Waals surface area (Å²) >= 11 is 0. The van der Waals surface area contributed by atoms with E-state index in [1.807, 2.05) is 6.92 Å². The van der Waals surface area contributed by atoms with Crippen molar-refractivity contribution in [2.24, 2.45) is 0 Å². The van der Waals surface area contributed by atoms with E-state index >= 15 is 0 Å². The monoisotopic (exact) mass is 282 g/mol. The first-order valence-corrected chi connectivity index (χ1v) is 6.63. The van der Waals surface area contributed by atoms with Crippen molar-refractivity contribution in [1.82, 2.24) is 19.9 Å². The van der Waals surface area contributed by atoms with Crippen molar-refractivity contribution in [2.45, 2.75) is 32.4 Å². The minimum absolute atomic E-state index is 0.182. The Hall–Kier alpha value is -1.96. The van der Waals surface area contributed by atoms with Gasteiger partial charge in [0.1, 0.15) is 6.54 Å². The lowest BCUT2D eigenvalue weighted by Crippen LogP contribution is -2.41. The Bertz CT molecular complexity index is 480. The predicted octanol–water partition coefficient (Wildman–Crippen LogP) is 0.00380. The summed E-state index contributed by atoms with van der Waals surface area (Å²) < 4.78 is 6.67. The van der Waals surface area contributed by atoms with Crippen LogP contribution in [0.15, 0.2) is 6.20 Å². The van der Waals surface area contributed by atoms with Gasteiger partial charge in [-0.15, -0.1) is 5.10 Å². The molecule has 0 unspecified atom stereocenters. The fourth-order valence-corrected chi connectivity index (χ4v) is 2.24. The smallest absolute Gasteiger partial charge is 0.325 e. The highest BCUT2D eigenvalue weighted by molar-refractivity contribution is 5.92. The number of carboxylic acids is 1. The Morgan fingerprint density at radius 3 is 2.75 bits per heavy atom. The van der Waals surface area contributed by atoms with Crippen molar-refractivity contribution in [3.05, 3.63) is 11.9 Å². The zero-order valence-corrected chi connectivity index (χ0v) is 11.4. The number of nitrogens with zero attached hydrogens (tertiary/aromatic N) is 4. The van der Waals surface area contributed by atoms with E-state index in [0.717, 1.165) is 17.5 Å². The summed E-state index contributed by atoms with van der Waals surface area (Å²) in [6.45, 7) is 3.58. The largest absolute Gasteiger partial charge is 0.480 e. The third kappa shape index (κ3) is 3.53. The van der Waals surface area contributed by atoms with Crippen LogP contribution in [0.4, 0.5) is 0 Å². The molecule has 0 bridgehead atoms. The maximum absolute atomic E-state index is 12.2. The first-order chi connectivity index (χ1) is 9.60. The Kier molecular flexibility index (Phi) is 4.67. The number of likely N-dealkylation sites (tertiary alicyclic amines) is 1. The van der Waals surface area contributed by atoms with E-state index in [4.69, 9.17) is 9.84 Å². The molecule has 2 heterocycles. The molecule has 110 valence electrons. The van der Waals surface area contributed by atoms with Gasteiger partial charge in [0.2, 0.25) is 0 Å². The summed E-state index contributed by atoms with van der Waals surface area (Å²) in [5.74, 6) is -1.23. The van der Waals surface area contributed by atoms with Crippen molar-refractivity contribution < 1.29 is 19.4 Å². The van der Waals surface area contributed by atoms with Gasteiger partial charge in [0.15, 0.2) is 5.69 Å². The average molecular weight is 282 g/mol. The quantitative estimate of drug-likeness (QED) is 0.816. The highest BCUT2D eigenvalue weighted by Gasteiger charge is 2.25. The normalized spacial score (nSPS) is 16.4. The standard InChI is InChI=1S/C12H18N4O4/c1-2-20-9-3-5-15(6-4-9)12(19)10-7-16(14-13-10)8-11(17)18/h7,9H,2-6,8H2,1H3,(H,17,18). The van der Waals surface area contributed by atoms with Crippen LogP contribution < -0.4 is 0 Å². The summed E-state index contributed by atoms with van der Waals surface area (Å²) in [6, 6.07) is 0. The van der Waals surface area contributed by atoms with Gasteiger partial charge in [0, 0.05) is 19.7 Å². The minimum atomic E-state index is -1.02. The number of carboxylic acid groups (broad SMARTS) is 1. The van der Waals surface area contributed by atoms with Crippen LogP contribution in [0.3, 0.4) is 0 Å². The maximum Gasteiger partial charge on any atom is 0.325 e. The molecule has 1 saturated heterocycles. The lowest BCUT2D eigenvalue weighted by molar-refractivity contribution is -0.137. The maximum atomic E-state index is 12.2. The first kappa shape index (κ1) is 14.4. The van der Waals surface area contributed by atoms with E-state index < -0.39 is 5.97 Å². The van der Waals surface area contributed by atoms with Crippen LogP contribution in [0, 0.1) is 0 Å². The number of aromatic nitrogens is 3. The highest BCUT2D eigenvalue weighted by Crippen LogP contribution is 2.15. The zero-order chi connectivity index (χ0) is 14.5. The predicted molar refractivity (Wildman–Crippen MR) is 68.2 cm³/mol. The van der Waals surface area contributed by atoms with Crippen LogP contribution in [-0.4, -0.2) is 62.7 Å². The van der Waals surface area contributed by atoms with Gasteiger partial charge in [-0.25, -0.2) is 4.68 Å². The molecule has 0 spiro atoms. The first-order valence-electron chi connectivity index (χ1n) is 6.63. The molecule has 1 aliphatic heterocycles. The average Bonchev–Trinajstić information content (AvgIpc) is 2.87. The van der Waals surface area contributed by atoms with Crippen molar-refractivity contribution in [2.75, 3.05) is 19.7 Å². The molecule has 0 aliphatic carbocycles. The van der Waals surface area contributed by atoms with Crippen molar-refractivity contribution in [3.8, 4) is 0 Å². The molecule has 0 atom stereocenters. The van der Waals surface area contributed by atoms with Crippen molar-refractivity contribution in [3.63, 3.8) is 0 Å². The van der Waals surface area contributed by atoms with E-state index in [0.29, 0.717) is 19.7 Å². The molecule has 8 nitrogen and oxygen atoms in total. The van der Waals surface area contributed by atoms with Crippen LogP contribution in [0.2, 0.25) is 0 Å². The Balaban J connectivity index is 1.91. The van der Waals surface area contributed by atoms with Gasteiger partial charge in [-0.3, -0.25) is 9.59 Å². The number of amides is 1. The third-order valence-electron chi connectivity index (χ3n) is 3.19. The Morgan fingerprint density at radius 2 is 2.15 bits per heavy atom. The second-order valence-corrected chi connectivity index (χ2v) is 4.64. The Labute approximate surface area is 116 Å². The lowest BCUT2D eigenvalue weighted by Gasteiger charge is -2.31. The summed E-state index contributed by atoms with van der Waals surface area (Å²) in [5, 5.41) is 16.0. The molecule has 1 aliphatic rings. The number of hydrogen-bond donors (Lipinski definition) is 1. The lowest BCUT2D eigenvalue weighted by atomic mass is 10.1. The van der Waals surface area contributed by atoms with E-state index in [1.165, 1.54) is 6.20 Å². The van der Waals surface area contributed by atoms with E-state index in [-0.39, 0.29) is 24.2 Å². The molecular weight excluding hydrogens is 264 g/mol. The molecule has 2 rings (SSSR count). The highest BCUT2D eigenvalue weighted by atomic mass is 16.5. The molecule has 20 heavy (non-hydrogen) atoms. The van der Waals surface area contributed by atoms with Crippen LogP contribution in [0.1, 0.15) is 30.3 Å². The third-order valence-corrected chi connectivity index (χ3v) is 3.19. The summed E-state index contributed by atoms with van der Waals surface area (Å²) in [5.41, 5.74) is 0.182. The van der Waals surface area contributed by atoms with Gasteiger partial charge in [0.25, 0.3) is 5.91 Å². The van der Waals surface area contributed by atoms with Crippen LogP contribution >= 0.6 is 0 Å². The van der Waals surface area contributed by atoms with E-state index in [2.05, 4.69) is 10.3 Å². The van der Waals surface area contributed by atoms with Gasteiger partial charge in [-0.2, -0.15) is 0 Å². The molecule has 1 amide bonds. The summed E-state index contributed by atoms with van der Waals surface area (Å²) in [4.78, 5) is 24.4. The summed E-state index contributed by atoms with van der Waals surface area (Å²) in [6.07, 6.45) is 3.20. The van der Waals surface area contributed by atoms with Gasteiger partial charge in [0.05, 0.1) is 12.3 Å². The number of piperidine rings is 1. The Morgan fingerprint density at radius 1 is 1.45 bits per heavy atom. The number of ether oxygens (including phenoxy) is 1. The number of rotatable bonds is 5. The number of hydrogen-bond acceptors (Lipinski definition) is 5. The van der Waals surface area contributed by atoms with Crippen LogP contribution in [0.5, 0.6) is 0 Å². The molecule has 1 fully saturated rings. The van der Waals surface area contributed by atoms with Gasteiger partial charge in [-0.05, 0) is 19.8 Å². The van der Waals surface area contributed by atoms with E-state index in [1.54, 1.807) is 4.90 Å². The molecule has 0 aromatic carbocycles. The van der Waals surface area contributed by atoms with Gasteiger partial charge < -0.3 is 14.7 Å². The van der Waals surface area contributed by atoms with Gasteiger partial charge >= 0.3 is 5.97 Å². The zero-order valence-electron chi connectivity index (χ0n) is 11.4. The van der Waals surface area contributed by atoms with E-state index in [9.17, 15) is 9.59 Å². The molecule has 1 N–H and O–H groups in total. The van der Waals surface area contributed by atoms with Crippen LogP contribution in [-0.2, 0) is 16.1 Å². The minimum Gasteiger partial charge on any atom is -0.480 e. The molecule has 0 saturated carbocycles. The topological polar surface area (TPSA) is 97.5 Å². The SMILES string of the molecule is CCOC1CCN(C(=O)c2cn(CC(=O)O)nn2)CC1. The molecule has 0 radical (unpaired) electrons. The van der Waals surface area contributed by atoms with Gasteiger partial charge in [-0.1, -0.05) is 5.21 Å². The fourth-order valence-electron chi connectivity index (χ4n) is 2.24. The summed E-state index contributed by atoms with van der Waals surface area (Å²) in [7, 11) is 0. The number of aliphatic carboxylic acids is 1.